The number of aromatic nitrogens is 1. The fourth-order valence-electron chi connectivity index (χ4n) is 2.90. The van der Waals surface area contributed by atoms with Gasteiger partial charge in [0, 0.05) is 6.61 Å². The van der Waals surface area contributed by atoms with Crippen LogP contribution >= 0.6 is 0 Å². The van der Waals surface area contributed by atoms with Crippen LogP contribution < -0.4 is 10.1 Å². The Kier molecular flexibility index (Phi) is 6.87. The third-order valence-electron chi connectivity index (χ3n) is 4.80. The number of amides is 1. The second-order valence-corrected chi connectivity index (χ2v) is 6.54. The summed E-state index contributed by atoms with van der Waals surface area (Å²) in [5.41, 5.74) is -3.00. The van der Waals surface area contributed by atoms with E-state index in [1.807, 2.05) is 0 Å². The number of rotatable bonds is 8. The van der Waals surface area contributed by atoms with Crippen LogP contribution in [0.4, 0.5) is 13.2 Å². The summed E-state index contributed by atoms with van der Waals surface area (Å²) in [4.78, 5) is 27.7. The number of hydrogen-bond acceptors (Lipinski definition) is 5. The lowest BCUT2D eigenvalue weighted by atomic mass is 9.92. The van der Waals surface area contributed by atoms with Crippen molar-refractivity contribution in [3.63, 3.8) is 0 Å². The first-order valence-corrected chi connectivity index (χ1v) is 9.01. The molecule has 1 aromatic heterocycles. The molecule has 0 saturated carbocycles. The van der Waals surface area contributed by atoms with Crippen molar-refractivity contribution in [3.05, 3.63) is 23.4 Å². The first-order valence-electron chi connectivity index (χ1n) is 9.01. The second-order valence-electron chi connectivity index (χ2n) is 6.54. The van der Waals surface area contributed by atoms with E-state index in [-0.39, 0.29) is 31.2 Å². The van der Waals surface area contributed by atoms with E-state index in [2.05, 4.69) is 10.3 Å². The van der Waals surface area contributed by atoms with Gasteiger partial charge in [0.25, 0.3) is 5.91 Å². The molecular weight excluding hydrogens is 381 g/mol. The Labute approximate surface area is 160 Å². The number of carboxylic acid groups (broad SMARTS) is 1. The van der Waals surface area contributed by atoms with Crippen molar-refractivity contribution in [3.8, 4) is 5.88 Å². The monoisotopic (exact) mass is 404 g/mol. The first-order chi connectivity index (χ1) is 13.1. The standard InChI is InChI=1S/C18H23F3N2O5/c1-3-17(4-2,16(25)26)23-14(24)13-8-7-12(18(19,20)21)15(22-13)28-10-11-6-5-9-27-11/h7-8,11H,3-6,9-10H2,1-2H3,(H,23,24)(H,25,26). The molecule has 1 fully saturated rings. The number of halogens is 3. The number of carboxylic acids is 1. The number of pyridine rings is 1. The average molecular weight is 404 g/mol. The molecule has 0 bridgehead atoms. The Morgan fingerprint density at radius 1 is 1.32 bits per heavy atom. The summed E-state index contributed by atoms with van der Waals surface area (Å²) in [6.07, 6.45) is -3.39. The van der Waals surface area contributed by atoms with Gasteiger partial charge in [-0.15, -0.1) is 0 Å². The predicted molar refractivity (Wildman–Crippen MR) is 92.1 cm³/mol. The minimum Gasteiger partial charge on any atom is -0.480 e. The van der Waals surface area contributed by atoms with E-state index in [1.54, 1.807) is 13.8 Å². The number of nitrogens with one attached hydrogen (secondary N) is 1. The third-order valence-corrected chi connectivity index (χ3v) is 4.80. The van der Waals surface area contributed by atoms with Crippen LogP contribution in [-0.2, 0) is 15.7 Å². The van der Waals surface area contributed by atoms with Crippen LogP contribution in [0.15, 0.2) is 12.1 Å². The normalized spacial score (nSPS) is 17.4. The van der Waals surface area contributed by atoms with Gasteiger partial charge in [0.1, 0.15) is 23.4 Å². The maximum Gasteiger partial charge on any atom is 0.421 e. The number of alkyl halides is 3. The minimum atomic E-state index is -4.72. The molecule has 2 rings (SSSR count). The van der Waals surface area contributed by atoms with Crippen LogP contribution in [0.3, 0.4) is 0 Å². The van der Waals surface area contributed by atoms with E-state index in [0.29, 0.717) is 19.1 Å². The molecule has 1 aromatic rings. The smallest absolute Gasteiger partial charge is 0.421 e. The van der Waals surface area contributed by atoms with Crippen molar-refractivity contribution < 1.29 is 37.3 Å². The van der Waals surface area contributed by atoms with Gasteiger partial charge in [-0.1, -0.05) is 13.8 Å². The predicted octanol–water partition coefficient (Wildman–Crippen LogP) is 3.03. The van der Waals surface area contributed by atoms with Crippen LogP contribution in [0.5, 0.6) is 5.88 Å². The van der Waals surface area contributed by atoms with Crippen molar-refractivity contribution in [2.75, 3.05) is 13.2 Å². The fourth-order valence-corrected chi connectivity index (χ4v) is 2.90. The van der Waals surface area contributed by atoms with E-state index >= 15 is 0 Å². The van der Waals surface area contributed by atoms with E-state index in [4.69, 9.17) is 9.47 Å². The Balaban J connectivity index is 2.27. The van der Waals surface area contributed by atoms with Crippen LogP contribution in [0.2, 0.25) is 0 Å². The molecular formula is C18H23F3N2O5. The number of carbonyl (C=O) groups is 2. The van der Waals surface area contributed by atoms with Gasteiger partial charge in [0.15, 0.2) is 0 Å². The number of hydrogen-bond donors (Lipinski definition) is 2. The topological polar surface area (TPSA) is 97.8 Å². The molecule has 1 atom stereocenters. The summed E-state index contributed by atoms with van der Waals surface area (Å²) in [6.45, 7) is 3.58. The molecule has 156 valence electrons. The van der Waals surface area contributed by atoms with Crippen LogP contribution in [0.1, 0.15) is 55.6 Å². The zero-order chi connectivity index (χ0) is 20.9. The van der Waals surface area contributed by atoms with Crippen molar-refractivity contribution >= 4 is 11.9 Å². The molecule has 0 aromatic carbocycles. The summed E-state index contributed by atoms with van der Waals surface area (Å²) >= 11 is 0. The Morgan fingerprint density at radius 2 is 2.00 bits per heavy atom. The minimum absolute atomic E-state index is 0.105. The van der Waals surface area contributed by atoms with Gasteiger partial charge in [0.05, 0.1) is 6.10 Å². The van der Waals surface area contributed by atoms with E-state index in [9.17, 15) is 27.9 Å². The Hall–Kier alpha value is -2.36. The number of aliphatic carboxylic acids is 1. The molecule has 0 aliphatic carbocycles. The molecule has 10 heteroatoms. The van der Waals surface area contributed by atoms with E-state index in [0.717, 1.165) is 12.5 Å². The first kappa shape index (κ1) is 21.9. The van der Waals surface area contributed by atoms with Gasteiger partial charge in [-0.2, -0.15) is 13.2 Å². The number of carbonyl (C=O) groups excluding carboxylic acids is 1. The zero-order valence-electron chi connectivity index (χ0n) is 15.6. The molecule has 2 heterocycles. The average Bonchev–Trinajstić information content (AvgIpc) is 3.16. The summed E-state index contributed by atoms with van der Waals surface area (Å²) in [5, 5.41) is 11.8. The van der Waals surface area contributed by atoms with Crippen molar-refractivity contribution in [2.24, 2.45) is 0 Å². The molecule has 0 spiro atoms. The summed E-state index contributed by atoms with van der Waals surface area (Å²) in [7, 11) is 0. The molecule has 28 heavy (non-hydrogen) atoms. The Bertz CT molecular complexity index is 714. The second kappa shape index (κ2) is 8.76. The summed E-state index contributed by atoms with van der Waals surface area (Å²) in [5.74, 6) is -2.85. The van der Waals surface area contributed by atoms with Crippen molar-refractivity contribution in [1.82, 2.24) is 10.3 Å². The van der Waals surface area contributed by atoms with Crippen molar-refractivity contribution in [1.29, 1.82) is 0 Å². The van der Waals surface area contributed by atoms with Gasteiger partial charge in [-0.3, -0.25) is 4.79 Å². The maximum absolute atomic E-state index is 13.2. The molecule has 0 radical (unpaired) electrons. The molecule has 2 N–H and O–H groups in total. The molecule has 1 unspecified atom stereocenters. The van der Waals surface area contributed by atoms with Gasteiger partial charge in [-0.05, 0) is 37.8 Å². The van der Waals surface area contributed by atoms with Gasteiger partial charge in [0.2, 0.25) is 5.88 Å². The van der Waals surface area contributed by atoms with E-state index in [1.165, 1.54) is 0 Å². The van der Waals surface area contributed by atoms with Crippen LogP contribution in [0.25, 0.3) is 0 Å². The quantitative estimate of drug-likeness (QED) is 0.691. The molecule has 1 amide bonds. The number of nitrogens with zero attached hydrogens (tertiary/aromatic N) is 1. The highest BCUT2D eigenvalue weighted by Crippen LogP contribution is 2.35. The van der Waals surface area contributed by atoms with Gasteiger partial charge in [-0.25, -0.2) is 9.78 Å². The van der Waals surface area contributed by atoms with Gasteiger partial charge < -0.3 is 19.9 Å². The molecule has 7 nitrogen and oxygen atoms in total. The van der Waals surface area contributed by atoms with Crippen molar-refractivity contribution in [2.45, 2.75) is 57.3 Å². The largest absolute Gasteiger partial charge is 0.480 e. The highest BCUT2D eigenvalue weighted by molar-refractivity contribution is 5.96. The zero-order valence-corrected chi connectivity index (χ0v) is 15.6. The third kappa shape index (κ3) is 4.92. The highest BCUT2D eigenvalue weighted by Gasteiger charge is 2.39. The number of ether oxygens (including phenoxy) is 2. The fraction of sp³-hybridized carbons (Fsp3) is 0.611. The maximum atomic E-state index is 13.2. The lowest BCUT2D eigenvalue weighted by Gasteiger charge is -2.28. The molecule has 1 aliphatic rings. The van der Waals surface area contributed by atoms with Gasteiger partial charge >= 0.3 is 12.1 Å². The SMILES string of the molecule is CCC(CC)(NC(=O)c1ccc(C(F)(F)F)c(OCC2CCCO2)n1)C(=O)O. The Morgan fingerprint density at radius 3 is 2.50 bits per heavy atom. The molecule has 1 aliphatic heterocycles. The lowest BCUT2D eigenvalue weighted by molar-refractivity contribution is -0.144. The highest BCUT2D eigenvalue weighted by atomic mass is 19.4. The van der Waals surface area contributed by atoms with Crippen LogP contribution in [0, 0.1) is 0 Å². The van der Waals surface area contributed by atoms with Crippen LogP contribution in [-0.4, -0.2) is 46.8 Å². The summed E-state index contributed by atoms with van der Waals surface area (Å²) in [6, 6.07) is 1.60. The molecule has 1 saturated heterocycles. The van der Waals surface area contributed by atoms with E-state index < -0.39 is 35.0 Å². The lowest BCUT2D eigenvalue weighted by Crippen LogP contribution is -2.53. The summed E-state index contributed by atoms with van der Waals surface area (Å²) < 4.78 is 50.3.